The molecule has 132 valence electrons. The molecule has 8 heteroatoms. The van der Waals surface area contributed by atoms with E-state index in [1.54, 1.807) is 29.7 Å². The Labute approximate surface area is 155 Å². The molecule has 0 radical (unpaired) electrons. The number of rotatable bonds is 7. The van der Waals surface area contributed by atoms with Crippen LogP contribution in [0, 0.1) is 6.92 Å². The molecule has 0 saturated heterocycles. The molecule has 0 aliphatic heterocycles. The van der Waals surface area contributed by atoms with Crippen LogP contribution in [-0.2, 0) is 6.42 Å². The van der Waals surface area contributed by atoms with Crippen molar-refractivity contribution < 1.29 is 0 Å². The van der Waals surface area contributed by atoms with Crippen LogP contribution in [0.3, 0.4) is 0 Å². The van der Waals surface area contributed by atoms with Gasteiger partial charge in [0.1, 0.15) is 0 Å². The Balaban J connectivity index is 1.36. The summed E-state index contributed by atoms with van der Waals surface area (Å²) >= 11 is 3.36. The molecule has 1 aromatic carbocycles. The summed E-state index contributed by atoms with van der Waals surface area (Å²) in [6.07, 6.45) is 0.898. The maximum absolute atomic E-state index is 4.56. The minimum Gasteiger partial charge on any atom is -0.360 e. The number of nitrogens with zero attached hydrogens (tertiary/aromatic N) is 3. The van der Waals surface area contributed by atoms with Gasteiger partial charge < -0.3 is 16.0 Å². The Morgan fingerprint density at radius 2 is 1.96 bits per heavy atom. The number of aromatic nitrogens is 2. The monoisotopic (exact) mass is 374 g/mol. The van der Waals surface area contributed by atoms with Crippen LogP contribution < -0.4 is 16.0 Å². The number of hydrogen-bond donors (Lipinski definition) is 3. The average Bonchev–Trinajstić information content (AvgIpc) is 3.22. The number of aliphatic imine (C=N–C) groups is 1. The van der Waals surface area contributed by atoms with Gasteiger partial charge in [-0.2, -0.15) is 0 Å². The predicted molar refractivity (Wildman–Crippen MR) is 108 cm³/mol. The number of para-hydroxylation sites is 1. The molecule has 3 N–H and O–H groups in total. The van der Waals surface area contributed by atoms with Gasteiger partial charge in [0.05, 0.1) is 20.9 Å². The smallest absolute Gasteiger partial charge is 0.191 e. The van der Waals surface area contributed by atoms with Gasteiger partial charge in [-0.05, 0) is 19.1 Å². The lowest BCUT2D eigenvalue weighted by molar-refractivity contribution is 0.789. The van der Waals surface area contributed by atoms with Crippen molar-refractivity contribution >= 4 is 44.0 Å². The Morgan fingerprint density at radius 3 is 2.72 bits per heavy atom. The van der Waals surface area contributed by atoms with E-state index in [4.69, 9.17) is 0 Å². The zero-order chi connectivity index (χ0) is 17.5. The lowest BCUT2D eigenvalue weighted by Gasteiger charge is -2.11. The van der Waals surface area contributed by atoms with Crippen LogP contribution in [0.25, 0.3) is 10.2 Å². The molecule has 2 aromatic heterocycles. The molecule has 0 spiro atoms. The van der Waals surface area contributed by atoms with Crippen molar-refractivity contribution in [2.24, 2.45) is 4.99 Å². The van der Waals surface area contributed by atoms with Crippen LogP contribution in [0.4, 0.5) is 5.13 Å². The first-order valence-corrected chi connectivity index (χ1v) is 9.89. The standard InChI is InChI=1S/C17H22N6S2/c1-12-22-13(11-24-12)7-8-19-16(18-2)20-9-10-21-17-23-14-5-3-4-6-15(14)25-17/h3-6,11H,7-10H2,1-2H3,(H,21,23)(H2,18,19,20). The van der Waals surface area contributed by atoms with Crippen LogP contribution >= 0.6 is 22.7 Å². The average molecular weight is 375 g/mol. The van der Waals surface area contributed by atoms with Crippen molar-refractivity contribution in [3.05, 3.63) is 40.3 Å². The molecule has 0 fully saturated rings. The van der Waals surface area contributed by atoms with E-state index in [1.165, 1.54) is 4.70 Å². The highest BCUT2D eigenvalue weighted by Crippen LogP contribution is 2.24. The summed E-state index contributed by atoms with van der Waals surface area (Å²) < 4.78 is 1.20. The van der Waals surface area contributed by atoms with Gasteiger partial charge in [0.15, 0.2) is 11.1 Å². The number of benzene rings is 1. The largest absolute Gasteiger partial charge is 0.360 e. The lowest BCUT2D eigenvalue weighted by atomic mass is 10.3. The molecule has 0 atom stereocenters. The molecule has 25 heavy (non-hydrogen) atoms. The van der Waals surface area contributed by atoms with E-state index in [2.05, 4.69) is 42.4 Å². The molecule has 0 saturated carbocycles. The zero-order valence-corrected chi connectivity index (χ0v) is 16.0. The van der Waals surface area contributed by atoms with Crippen molar-refractivity contribution in [1.82, 2.24) is 20.6 Å². The Kier molecular flexibility index (Phi) is 6.19. The van der Waals surface area contributed by atoms with Crippen LogP contribution in [0.1, 0.15) is 10.7 Å². The first-order chi connectivity index (χ1) is 12.2. The highest BCUT2D eigenvalue weighted by Gasteiger charge is 2.03. The van der Waals surface area contributed by atoms with Crippen molar-refractivity contribution in [1.29, 1.82) is 0 Å². The van der Waals surface area contributed by atoms with Gasteiger partial charge in [0, 0.05) is 38.5 Å². The summed E-state index contributed by atoms with van der Waals surface area (Å²) in [5.41, 5.74) is 2.17. The second-order valence-electron chi connectivity index (χ2n) is 5.45. The third-order valence-corrected chi connectivity index (χ3v) is 5.37. The second-order valence-corrected chi connectivity index (χ2v) is 7.54. The SMILES string of the molecule is CN=C(NCCNc1nc2ccccc2s1)NCCc1csc(C)n1. The van der Waals surface area contributed by atoms with Crippen molar-refractivity contribution in [2.75, 3.05) is 32.0 Å². The lowest BCUT2D eigenvalue weighted by Crippen LogP contribution is -2.40. The number of anilines is 1. The van der Waals surface area contributed by atoms with Crippen molar-refractivity contribution in [3.8, 4) is 0 Å². The molecule has 0 aliphatic rings. The van der Waals surface area contributed by atoms with Crippen molar-refractivity contribution in [2.45, 2.75) is 13.3 Å². The summed E-state index contributed by atoms with van der Waals surface area (Å²) in [6, 6.07) is 8.17. The summed E-state index contributed by atoms with van der Waals surface area (Å²) in [5, 5.41) is 14.1. The number of nitrogens with one attached hydrogen (secondary N) is 3. The molecular weight excluding hydrogens is 352 g/mol. The highest BCUT2D eigenvalue weighted by atomic mass is 32.1. The summed E-state index contributed by atoms with van der Waals surface area (Å²) in [5.74, 6) is 0.804. The third-order valence-electron chi connectivity index (χ3n) is 3.55. The minimum atomic E-state index is 0.769. The maximum Gasteiger partial charge on any atom is 0.191 e. The summed E-state index contributed by atoms with van der Waals surface area (Å²) in [4.78, 5) is 13.3. The number of fused-ring (bicyclic) bond motifs is 1. The van der Waals surface area contributed by atoms with Gasteiger partial charge in [0.25, 0.3) is 0 Å². The van der Waals surface area contributed by atoms with Gasteiger partial charge in [0.2, 0.25) is 0 Å². The Bertz CT molecular complexity index is 805. The van der Waals surface area contributed by atoms with Gasteiger partial charge in [-0.1, -0.05) is 23.5 Å². The zero-order valence-electron chi connectivity index (χ0n) is 14.4. The Hall–Kier alpha value is -2.19. The van der Waals surface area contributed by atoms with E-state index >= 15 is 0 Å². The number of guanidine groups is 1. The highest BCUT2D eigenvalue weighted by molar-refractivity contribution is 7.22. The summed E-state index contributed by atoms with van der Waals surface area (Å²) in [6.45, 7) is 4.39. The van der Waals surface area contributed by atoms with Crippen molar-refractivity contribution in [3.63, 3.8) is 0 Å². The molecule has 0 aliphatic carbocycles. The molecule has 0 amide bonds. The predicted octanol–water partition coefficient (Wildman–Crippen LogP) is 2.88. The molecular formula is C17H22N6S2. The quantitative estimate of drug-likeness (QED) is 0.337. The Morgan fingerprint density at radius 1 is 1.12 bits per heavy atom. The number of hydrogen-bond acceptors (Lipinski definition) is 6. The fourth-order valence-corrected chi connectivity index (χ4v) is 3.89. The molecule has 3 aromatic rings. The minimum absolute atomic E-state index is 0.769. The van der Waals surface area contributed by atoms with Crippen LogP contribution in [0.15, 0.2) is 34.6 Å². The second kappa shape index (κ2) is 8.77. The van der Waals surface area contributed by atoms with E-state index in [-0.39, 0.29) is 0 Å². The molecule has 6 nitrogen and oxygen atoms in total. The normalized spacial score (nSPS) is 11.7. The maximum atomic E-state index is 4.56. The first-order valence-electron chi connectivity index (χ1n) is 8.19. The van der Waals surface area contributed by atoms with E-state index in [0.29, 0.717) is 0 Å². The van der Waals surface area contributed by atoms with Crippen LogP contribution in [-0.4, -0.2) is 42.6 Å². The van der Waals surface area contributed by atoms with E-state index < -0.39 is 0 Å². The van der Waals surface area contributed by atoms with Crippen LogP contribution in [0.2, 0.25) is 0 Å². The van der Waals surface area contributed by atoms with E-state index in [1.807, 2.05) is 25.1 Å². The van der Waals surface area contributed by atoms with Crippen LogP contribution in [0.5, 0.6) is 0 Å². The van der Waals surface area contributed by atoms with Gasteiger partial charge in [-0.15, -0.1) is 11.3 Å². The summed E-state index contributed by atoms with van der Waals surface area (Å²) in [7, 11) is 1.78. The number of aryl methyl sites for hydroxylation is 1. The van der Waals surface area contributed by atoms with Gasteiger partial charge >= 0.3 is 0 Å². The first kappa shape index (κ1) is 17.6. The topological polar surface area (TPSA) is 74.2 Å². The molecule has 3 rings (SSSR count). The van der Waals surface area contributed by atoms with Gasteiger partial charge in [-0.25, -0.2) is 9.97 Å². The van der Waals surface area contributed by atoms with E-state index in [9.17, 15) is 0 Å². The molecule has 2 heterocycles. The third kappa shape index (κ3) is 5.14. The van der Waals surface area contributed by atoms with Gasteiger partial charge in [-0.3, -0.25) is 4.99 Å². The van der Waals surface area contributed by atoms with E-state index in [0.717, 1.165) is 53.4 Å². The fraction of sp³-hybridized carbons (Fsp3) is 0.353. The molecule has 0 unspecified atom stereocenters. The molecule has 0 bridgehead atoms. The number of thiazole rings is 2. The fourth-order valence-electron chi connectivity index (χ4n) is 2.35.